The number of aromatic nitrogens is 2. The maximum absolute atomic E-state index is 14.5. The van der Waals surface area contributed by atoms with E-state index >= 15 is 0 Å². The molecule has 0 aliphatic carbocycles. The molecule has 0 saturated carbocycles. The summed E-state index contributed by atoms with van der Waals surface area (Å²) >= 11 is 0. The highest BCUT2D eigenvalue weighted by Crippen LogP contribution is 2.30. The average Bonchev–Trinajstić information content (AvgIpc) is 2.97. The van der Waals surface area contributed by atoms with Crippen LogP contribution in [-0.4, -0.2) is 62.0 Å². The van der Waals surface area contributed by atoms with Gasteiger partial charge in [-0.25, -0.2) is 9.18 Å². The van der Waals surface area contributed by atoms with Crippen molar-refractivity contribution in [1.82, 2.24) is 14.9 Å². The molecule has 1 aliphatic heterocycles. The van der Waals surface area contributed by atoms with Gasteiger partial charge in [0.15, 0.2) is 17.9 Å². The Balaban J connectivity index is 2.13. The molecule has 6 atom stereocenters. The fraction of sp³-hybridized carbons (Fsp3) is 0.667. The van der Waals surface area contributed by atoms with Gasteiger partial charge in [0.05, 0.1) is 18.3 Å². The highest BCUT2D eigenvalue weighted by molar-refractivity contribution is 5.97. The second-order valence-corrected chi connectivity index (χ2v) is 7.57. The molecule has 1 aliphatic rings. The number of carbonyl (C=O) groups excluding carboxylic acids is 2. The average molecular weight is 429 g/mol. The third-order valence-electron chi connectivity index (χ3n) is 4.94. The molecule has 0 spiro atoms. The zero-order chi connectivity index (χ0) is 22.7. The van der Waals surface area contributed by atoms with Gasteiger partial charge < -0.3 is 31.3 Å². The Kier molecular flexibility index (Phi) is 7.64. The molecule has 0 unspecified atom stereocenters. The molecule has 30 heavy (non-hydrogen) atoms. The molecular weight excluding hydrogens is 401 g/mol. The molecule has 1 aromatic rings. The van der Waals surface area contributed by atoms with Gasteiger partial charge >= 0.3 is 5.69 Å². The summed E-state index contributed by atoms with van der Waals surface area (Å²) in [6.45, 7) is 6.58. The van der Waals surface area contributed by atoms with Crippen molar-refractivity contribution in [3.05, 3.63) is 22.5 Å². The second-order valence-electron chi connectivity index (χ2n) is 7.57. The van der Waals surface area contributed by atoms with Crippen LogP contribution >= 0.6 is 0 Å². The lowest BCUT2D eigenvalue weighted by Gasteiger charge is -2.20. The van der Waals surface area contributed by atoms with Crippen LogP contribution in [0.3, 0.4) is 0 Å². The van der Waals surface area contributed by atoms with E-state index in [4.69, 9.17) is 10.5 Å². The molecule has 6 N–H and O–H groups in total. The number of aliphatic hydroxyl groups excluding tert-OH is 2. The summed E-state index contributed by atoms with van der Waals surface area (Å²) < 4.78 is 20.6. The summed E-state index contributed by atoms with van der Waals surface area (Å²) in [5.41, 5.74) is 4.71. The molecule has 2 rings (SSSR count). The maximum atomic E-state index is 14.5. The van der Waals surface area contributed by atoms with Gasteiger partial charge in [0, 0.05) is 0 Å². The van der Waals surface area contributed by atoms with Crippen molar-refractivity contribution in [3.8, 4) is 0 Å². The van der Waals surface area contributed by atoms with Gasteiger partial charge in [-0.05, 0) is 19.3 Å². The normalized spacial score (nSPS) is 25.8. The summed E-state index contributed by atoms with van der Waals surface area (Å²) in [6.07, 6.45) is -3.63. The number of anilines is 1. The molecule has 2 heterocycles. The Labute approximate surface area is 172 Å². The fourth-order valence-corrected chi connectivity index (χ4v) is 2.91. The topological polar surface area (TPSA) is 169 Å². The molecule has 11 nitrogen and oxygen atoms in total. The van der Waals surface area contributed by atoms with Crippen molar-refractivity contribution in [1.29, 1.82) is 0 Å². The van der Waals surface area contributed by atoms with Crippen LogP contribution in [0, 0.1) is 11.7 Å². The summed E-state index contributed by atoms with van der Waals surface area (Å²) in [7, 11) is 0. The van der Waals surface area contributed by atoms with E-state index in [0.29, 0.717) is 11.0 Å². The highest BCUT2D eigenvalue weighted by Gasteiger charge is 2.43. The van der Waals surface area contributed by atoms with E-state index in [-0.39, 0.29) is 5.92 Å². The molecule has 0 bridgehead atoms. The lowest BCUT2D eigenvalue weighted by atomic mass is 10.0. The Bertz CT molecular complexity index is 847. The van der Waals surface area contributed by atoms with Crippen LogP contribution in [0.1, 0.15) is 40.3 Å². The van der Waals surface area contributed by atoms with E-state index in [1.165, 1.54) is 6.92 Å². The number of hydrogen-bond donors (Lipinski definition) is 5. The van der Waals surface area contributed by atoms with E-state index in [2.05, 4.69) is 15.6 Å². The van der Waals surface area contributed by atoms with E-state index in [1.807, 2.05) is 0 Å². The number of ether oxygens (including phenoxy) is 1. The number of aliphatic hydroxyl groups is 2. The van der Waals surface area contributed by atoms with Crippen molar-refractivity contribution < 1.29 is 28.9 Å². The molecule has 1 fully saturated rings. The molecule has 0 radical (unpaired) electrons. The van der Waals surface area contributed by atoms with Crippen LogP contribution in [-0.2, 0) is 14.3 Å². The van der Waals surface area contributed by atoms with Gasteiger partial charge in [0.1, 0.15) is 18.2 Å². The maximum Gasteiger partial charge on any atom is 0.351 e. The fourth-order valence-electron chi connectivity index (χ4n) is 2.91. The minimum atomic E-state index is -1.45. The van der Waals surface area contributed by atoms with Gasteiger partial charge in [-0.3, -0.25) is 14.2 Å². The Morgan fingerprint density at radius 2 is 1.93 bits per heavy atom. The molecule has 12 heteroatoms. The molecule has 2 amide bonds. The SMILES string of the molecule is CC[C@H]1O[C@@H](n2cc(F)c(NC(=O)[C@H](C)NC(=O)[C@@H](N)C(C)C)nc2=O)[C@H](O)[C@@H]1O. The number of hydrogen-bond acceptors (Lipinski definition) is 8. The van der Waals surface area contributed by atoms with Crippen molar-refractivity contribution >= 4 is 17.6 Å². The number of nitrogens with one attached hydrogen (secondary N) is 2. The first-order chi connectivity index (χ1) is 14.0. The van der Waals surface area contributed by atoms with Crippen molar-refractivity contribution in [2.24, 2.45) is 11.7 Å². The Morgan fingerprint density at radius 1 is 1.30 bits per heavy atom. The van der Waals surface area contributed by atoms with Gasteiger partial charge in [-0.1, -0.05) is 20.8 Å². The number of nitrogens with two attached hydrogens (primary N) is 1. The van der Waals surface area contributed by atoms with Crippen LogP contribution in [0.5, 0.6) is 0 Å². The van der Waals surface area contributed by atoms with Crippen LogP contribution in [0.2, 0.25) is 0 Å². The quantitative estimate of drug-likeness (QED) is 0.361. The monoisotopic (exact) mass is 429 g/mol. The predicted octanol–water partition coefficient (Wildman–Crippen LogP) is -1.16. The van der Waals surface area contributed by atoms with Crippen LogP contribution < -0.4 is 22.1 Å². The van der Waals surface area contributed by atoms with E-state index in [9.17, 15) is 29.0 Å². The number of halogens is 1. The van der Waals surface area contributed by atoms with Gasteiger partial charge in [-0.2, -0.15) is 4.98 Å². The number of rotatable bonds is 7. The summed E-state index contributed by atoms with van der Waals surface area (Å²) in [6, 6.07) is -1.88. The summed E-state index contributed by atoms with van der Waals surface area (Å²) in [4.78, 5) is 40.0. The van der Waals surface area contributed by atoms with E-state index < -0.39 is 65.8 Å². The predicted molar refractivity (Wildman–Crippen MR) is 104 cm³/mol. The number of amides is 2. The lowest BCUT2D eigenvalue weighted by Crippen LogP contribution is -2.50. The smallest absolute Gasteiger partial charge is 0.351 e. The minimum absolute atomic E-state index is 0.147. The Morgan fingerprint density at radius 3 is 2.47 bits per heavy atom. The van der Waals surface area contributed by atoms with Gasteiger partial charge in [-0.15, -0.1) is 0 Å². The number of carbonyl (C=O) groups is 2. The largest absolute Gasteiger partial charge is 0.388 e. The van der Waals surface area contributed by atoms with Crippen LogP contribution in [0.15, 0.2) is 11.0 Å². The first-order valence-corrected chi connectivity index (χ1v) is 9.65. The molecular formula is C18H28FN5O6. The Hall–Kier alpha value is -2.41. The molecule has 0 aromatic carbocycles. The van der Waals surface area contributed by atoms with Crippen LogP contribution in [0.25, 0.3) is 0 Å². The highest BCUT2D eigenvalue weighted by atomic mass is 19.1. The summed E-state index contributed by atoms with van der Waals surface area (Å²) in [5, 5.41) is 24.5. The second kappa shape index (κ2) is 9.60. The van der Waals surface area contributed by atoms with Crippen molar-refractivity contribution in [3.63, 3.8) is 0 Å². The van der Waals surface area contributed by atoms with Gasteiger partial charge in [0.25, 0.3) is 0 Å². The minimum Gasteiger partial charge on any atom is -0.388 e. The lowest BCUT2D eigenvalue weighted by molar-refractivity contribution is -0.127. The third kappa shape index (κ3) is 5.01. The zero-order valence-corrected chi connectivity index (χ0v) is 17.2. The molecule has 168 valence electrons. The van der Waals surface area contributed by atoms with Gasteiger partial charge in [0.2, 0.25) is 11.8 Å². The summed E-state index contributed by atoms with van der Waals surface area (Å²) in [5.74, 6) is -3.21. The first-order valence-electron chi connectivity index (χ1n) is 9.65. The van der Waals surface area contributed by atoms with Crippen molar-refractivity contribution in [2.75, 3.05) is 5.32 Å². The van der Waals surface area contributed by atoms with Crippen LogP contribution in [0.4, 0.5) is 10.2 Å². The third-order valence-corrected chi connectivity index (χ3v) is 4.94. The molecule has 1 aromatic heterocycles. The van der Waals surface area contributed by atoms with E-state index in [0.717, 1.165) is 6.20 Å². The number of nitrogens with zero attached hydrogens (tertiary/aromatic N) is 2. The zero-order valence-electron chi connectivity index (χ0n) is 17.2. The molecule has 1 saturated heterocycles. The standard InChI is InChI=1S/C18H28FN5O6/c1-5-10-12(25)13(26)17(30-10)24-6-9(19)14(23-18(24)29)22-15(27)8(4)21-16(28)11(20)7(2)3/h6-8,10-13,17,25-26H,5,20H2,1-4H3,(H,21,28)(H,22,23,27,29)/t8-,10+,11-,12+,13+,17+/m0/s1. The van der Waals surface area contributed by atoms with E-state index in [1.54, 1.807) is 20.8 Å². The first kappa shape index (κ1) is 23.9. The van der Waals surface area contributed by atoms with Crippen molar-refractivity contribution in [2.45, 2.75) is 70.7 Å².